The lowest BCUT2D eigenvalue weighted by molar-refractivity contribution is 0.474. The van der Waals surface area contributed by atoms with Crippen LogP contribution in [0.3, 0.4) is 0 Å². The maximum absolute atomic E-state index is 10.1. The quantitative estimate of drug-likeness (QED) is 0.173. The van der Waals surface area contributed by atoms with Gasteiger partial charge in [-0.1, -0.05) is 153 Å². The third kappa shape index (κ3) is 6.00. The van der Waals surface area contributed by atoms with Crippen molar-refractivity contribution in [3.05, 3.63) is 208 Å². The average molecular weight is 831 g/mol. The normalized spacial score (nSPS) is 14.2. The fourth-order valence-corrected chi connectivity index (χ4v) is 10.3. The maximum Gasteiger partial charge on any atom is 0.117 e. The van der Waals surface area contributed by atoms with Crippen LogP contribution in [0.4, 0.5) is 0 Å². The Balaban J connectivity index is 0.000000123. The van der Waals surface area contributed by atoms with Gasteiger partial charge in [0.05, 0.1) is 11.0 Å². The van der Waals surface area contributed by atoms with E-state index in [0.717, 1.165) is 22.1 Å². The van der Waals surface area contributed by atoms with E-state index < -0.39 is 0 Å². The molecule has 0 amide bonds. The minimum atomic E-state index is -0.0414. The Morgan fingerprint density at radius 1 is 0.424 bits per heavy atom. The molecule has 3 nitrogen and oxygen atoms in total. The first kappa shape index (κ1) is 36.9. The molecule has 9 aromatic rings. The lowest BCUT2D eigenvalue weighted by Crippen LogP contribution is -2.15. The van der Waals surface area contributed by atoms with Crippen molar-refractivity contribution >= 4 is 37.7 Å². The van der Waals surface area contributed by atoms with Crippen molar-refractivity contribution in [3.8, 4) is 50.6 Å². The van der Waals surface area contributed by atoms with Crippen LogP contribution in [0.2, 0.25) is 0 Å². The Kier molecular flexibility index (Phi) is 8.70. The van der Waals surface area contributed by atoms with Gasteiger partial charge in [0.1, 0.15) is 11.5 Å². The zero-order valence-corrected chi connectivity index (χ0v) is 35.2. The lowest BCUT2D eigenvalue weighted by Gasteiger charge is -2.22. The first-order chi connectivity index (χ1) is 28.5. The van der Waals surface area contributed by atoms with E-state index in [4.69, 9.17) is 5.11 Å². The number of fused-ring (bicyclic) bond motifs is 12. The van der Waals surface area contributed by atoms with E-state index in [1.807, 2.05) is 18.2 Å². The number of rotatable bonds is 1. The molecule has 3 aliphatic rings. The fourth-order valence-electron chi connectivity index (χ4n) is 9.88. The largest absolute Gasteiger partial charge is 0.508 e. The van der Waals surface area contributed by atoms with E-state index in [9.17, 15) is 5.11 Å². The summed E-state index contributed by atoms with van der Waals surface area (Å²) in [7, 11) is 0. The molecule has 1 aromatic heterocycles. The third-order valence-corrected chi connectivity index (χ3v) is 13.3. The number of benzene rings is 8. The standard InChI is InChI=1S/C27H21NO.C22H18.C6H5BrO/c1-27(2)23-12-5-3-10-19(23)21-15-22-20-11-4-6-13-25(20)28(26(22)16-24(21)27)17-8-7-9-18(29)14-17;1-22(2)20-10-6-5-9-17(20)19-13-18-15(12-21(19)22)11-14-7-3-4-8-16(14)18;7-5-2-1-3-6(8)4-5/h3-16,29H,1-2H3;3-10,12-13H,11H2,1-2H3;1-4,8H. The van der Waals surface area contributed by atoms with Gasteiger partial charge in [0.15, 0.2) is 0 Å². The van der Waals surface area contributed by atoms with Crippen molar-refractivity contribution in [2.45, 2.75) is 44.9 Å². The first-order valence-corrected chi connectivity index (χ1v) is 21.1. The molecule has 3 aliphatic carbocycles. The number of aromatic hydroxyl groups is 2. The molecule has 0 aliphatic heterocycles. The molecule has 288 valence electrons. The summed E-state index contributed by atoms with van der Waals surface area (Å²) in [6, 6.07) is 59.0. The maximum atomic E-state index is 10.1. The molecule has 0 unspecified atom stereocenters. The minimum Gasteiger partial charge on any atom is -0.508 e. The van der Waals surface area contributed by atoms with Crippen LogP contribution in [0.1, 0.15) is 61.1 Å². The molecule has 0 saturated heterocycles. The summed E-state index contributed by atoms with van der Waals surface area (Å²) in [5.41, 5.74) is 20.4. The summed E-state index contributed by atoms with van der Waals surface area (Å²) in [5, 5.41) is 21.4. The Hall–Kier alpha value is -6.36. The summed E-state index contributed by atoms with van der Waals surface area (Å²) in [6.45, 7) is 9.33. The Morgan fingerprint density at radius 3 is 1.66 bits per heavy atom. The molecule has 0 atom stereocenters. The Labute approximate surface area is 354 Å². The highest BCUT2D eigenvalue weighted by molar-refractivity contribution is 9.10. The summed E-state index contributed by atoms with van der Waals surface area (Å²) in [4.78, 5) is 0. The van der Waals surface area contributed by atoms with Gasteiger partial charge in [0, 0.05) is 37.8 Å². The molecule has 8 aromatic carbocycles. The van der Waals surface area contributed by atoms with Crippen LogP contribution in [-0.2, 0) is 17.3 Å². The van der Waals surface area contributed by atoms with Crippen molar-refractivity contribution < 1.29 is 10.2 Å². The molecule has 0 radical (unpaired) electrons. The summed E-state index contributed by atoms with van der Waals surface area (Å²) in [5.74, 6) is 0.571. The van der Waals surface area contributed by atoms with Crippen LogP contribution in [0.25, 0.3) is 60.9 Å². The number of phenolic OH excluding ortho intramolecular Hbond substituents is 2. The van der Waals surface area contributed by atoms with E-state index in [-0.39, 0.29) is 16.6 Å². The van der Waals surface area contributed by atoms with Crippen LogP contribution in [-0.4, -0.2) is 14.8 Å². The van der Waals surface area contributed by atoms with Gasteiger partial charge >= 0.3 is 0 Å². The number of nitrogens with zero attached hydrogens (tertiary/aromatic N) is 1. The second kappa shape index (κ2) is 13.9. The highest BCUT2D eigenvalue weighted by Gasteiger charge is 2.38. The van der Waals surface area contributed by atoms with Gasteiger partial charge in [0.2, 0.25) is 0 Å². The van der Waals surface area contributed by atoms with Crippen molar-refractivity contribution in [1.29, 1.82) is 0 Å². The second-order valence-corrected chi connectivity index (χ2v) is 17.9. The van der Waals surface area contributed by atoms with Crippen LogP contribution < -0.4 is 0 Å². The van der Waals surface area contributed by atoms with E-state index in [1.54, 1.807) is 24.3 Å². The van der Waals surface area contributed by atoms with Gasteiger partial charge in [0.25, 0.3) is 0 Å². The van der Waals surface area contributed by atoms with Crippen molar-refractivity contribution in [3.63, 3.8) is 0 Å². The number of hydrogen-bond donors (Lipinski definition) is 2. The second-order valence-electron chi connectivity index (χ2n) is 17.0. The molecular weight excluding hydrogens is 787 g/mol. The SMILES string of the molecule is CC1(C)c2ccccc2-c2cc3c(cc21)Cc1ccccc1-3.CC1(C)c2ccccc2-c2cc3c4ccccc4n(-c4cccc(O)c4)c3cc21.Oc1cccc(Br)c1. The molecule has 0 saturated carbocycles. The average Bonchev–Trinajstić information content (AvgIpc) is 3.90. The fraction of sp³-hybridized carbons (Fsp3) is 0.127. The van der Waals surface area contributed by atoms with Gasteiger partial charge in [-0.2, -0.15) is 0 Å². The topological polar surface area (TPSA) is 45.4 Å². The van der Waals surface area contributed by atoms with E-state index in [1.165, 1.54) is 83.1 Å². The molecule has 0 spiro atoms. The molecule has 0 fully saturated rings. The summed E-state index contributed by atoms with van der Waals surface area (Å²) < 4.78 is 3.17. The zero-order valence-electron chi connectivity index (χ0n) is 33.6. The Bertz CT molecular complexity index is 3110. The number of hydrogen-bond acceptors (Lipinski definition) is 2. The predicted octanol–water partition coefficient (Wildman–Crippen LogP) is 14.5. The van der Waals surface area contributed by atoms with E-state index in [2.05, 4.69) is 176 Å². The molecule has 59 heavy (non-hydrogen) atoms. The molecule has 2 N–H and O–H groups in total. The van der Waals surface area contributed by atoms with Gasteiger partial charge in [-0.25, -0.2) is 0 Å². The summed E-state index contributed by atoms with van der Waals surface area (Å²) >= 11 is 3.20. The van der Waals surface area contributed by atoms with Gasteiger partial charge in [-0.3, -0.25) is 0 Å². The summed E-state index contributed by atoms with van der Waals surface area (Å²) in [6.07, 6.45) is 1.07. The predicted molar refractivity (Wildman–Crippen MR) is 248 cm³/mol. The number of halogens is 1. The van der Waals surface area contributed by atoms with Crippen molar-refractivity contribution in [1.82, 2.24) is 4.57 Å². The zero-order chi connectivity index (χ0) is 40.6. The van der Waals surface area contributed by atoms with Gasteiger partial charge < -0.3 is 14.8 Å². The van der Waals surface area contributed by atoms with E-state index >= 15 is 0 Å². The highest BCUT2D eigenvalue weighted by atomic mass is 79.9. The molecule has 1 heterocycles. The lowest BCUT2D eigenvalue weighted by atomic mass is 9.81. The van der Waals surface area contributed by atoms with Crippen molar-refractivity contribution in [2.24, 2.45) is 0 Å². The Morgan fingerprint density at radius 2 is 1.00 bits per heavy atom. The van der Waals surface area contributed by atoms with Crippen molar-refractivity contribution in [2.75, 3.05) is 0 Å². The third-order valence-electron chi connectivity index (χ3n) is 12.8. The molecule has 12 rings (SSSR count). The first-order valence-electron chi connectivity index (χ1n) is 20.3. The molecule has 4 heteroatoms. The molecular formula is C55H44BrNO2. The molecule has 0 bridgehead atoms. The van der Waals surface area contributed by atoms with Crippen LogP contribution in [0.15, 0.2) is 174 Å². The smallest absolute Gasteiger partial charge is 0.117 e. The van der Waals surface area contributed by atoms with Gasteiger partial charge in [-0.15, -0.1) is 0 Å². The van der Waals surface area contributed by atoms with Crippen LogP contribution in [0, 0.1) is 0 Å². The van der Waals surface area contributed by atoms with Crippen LogP contribution >= 0.6 is 15.9 Å². The number of aromatic nitrogens is 1. The highest BCUT2D eigenvalue weighted by Crippen LogP contribution is 2.53. The minimum absolute atomic E-state index is 0.0414. The van der Waals surface area contributed by atoms with Crippen LogP contribution in [0.5, 0.6) is 11.5 Å². The van der Waals surface area contributed by atoms with E-state index in [0.29, 0.717) is 5.75 Å². The van der Waals surface area contributed by atoms with Gasteiger partial charge in [-0.05, 0) is 128 Å². The number of para-hydroxylation sites is 1. The number of phenols is 2. The monoisotopic (exact) mass is 829 g/mol.